The maximum atomic E-state index is 13.5. The molecule has 3 aliphatic carbocycles. The van der Waals surface area contributed by atoms with Crippen molar-refractivity contribution in [3.8, 4) is 11.8 Å². The number of ether oxygens (including phenoxy) is 2. The summed E-state index contributed by atoms with van der Waals surface area (Å²) in [4.78, 5) is 15.4. The second kappa shape index (κ2) is 7.72. The molecule has 7 heteroatoms. The lowest BCUT2D eigenvalue weighted by Gasteiger charge is -2.29. The molecule has 166 valence electrons. The number of rotatable bonds is 5. The number of hydrogen-bond acceptors (Lipinski definition) is 5. The molecule has 0 N–H and O–H groups in total. The Morgan fingerprint density at radius 3 is 2.69 bits per heavy atom. The minimum Gasteiger partial charge on any atom is -0.350 e. The normalized spacial score (nSPS) is 21.8. The van der Waals surface area contributed by atoms with E-state index in [1.165, 1.54) is 25.7 Å². The highest BCUT2D eigenvalue weighted by atomic mass is 16.7. The average molecular weight is 433 g/mol. The molecule has 4 aliphatic rings. The van der Waals surface area contributed by atoms with E-state index in [1.807, 2.05) is 24.0 Å². The van der Waals surface area contributed by atoms with Crippen LogP contribution < -0.4 is 4.90 Å². The quantitative estimate of drug-likeness (QED) is 0.678. The molecular formula is C25H28N4O3. The Morgan fingerprint density at radius 1 is 1.22 bits per heavy atom. The number of amides is 1. The van der Waals surface area contributed by atoms with Gasteiger partial charge < -0.3 is 14.4 Å². The molecule has 7 nitrogen and oxygen atoms in total. The number of hydrogen-bond donors (Lipinski definition) is 0. The van der Waals surface area contributed by atoms with Crippen LogP contribution in [0, 0.1) is 30.1 Å². The van der Waals surface area contributed by atoms with Crippen LogP contribution in [-0.4, -0.2) is 46.4 Å². The van der Waals surface area contributed by atoms with Gasteiger partial charge in [0.15, 0.2) is 12.0 Å². The molecule has 2 aromatic rings. The molecule has 0 bridgehead atoms. The Bertz CT molecular complexity index is 1090. The van der Waals surface area contributed by atoms with Gasteiger partial charge in [-0.15, -0.1) is 5.10 Å². The van der Waals surface area contributed by atoms with E-state index in [1.54, 1.807) is 10.9 Å². The summed E-state index contributed by atoms with van der Waals surface area (Å²) in [5, 5.41) is 8.35. The van der Waals surface area contributed by atoms with Gasteiger partial charge >= 0.3 is 0 Å². The monoisotopic (exact) mass is 432 g/mol. The van der Waals surface area contributed by atoms with Crippen LogP contribution in [0.3, 0.4) is 0 Å². The molecule has 1 saturated heterocycles. The summed E-state index contributed by atoms with van der Waals surface area (Å²) < 4.78 is 13.3. The Morgan fingerprint density at radius 2 is 2.00 bits per heavy atom. The van der Waals surface area contributed by atoms with Crippen LogP contribution in [0.1, 0.15) is 60.1 Å². The summed E-state index contributed by atoms with van der Waals surface area (Å²) in [6, 6.07) is 6.34. The number of carbonyl (C=O) groups excluding carboxylic acids is 1. The van der Waals surface area contributed by atoms with Gasteiger partial charge in [0.25, 0.3) is 5.91 Å². The molecule has 3 saturated carbocycles. The third kappa shape index (κ3) is 4.17. The number of nitrogens with zero attached hydrogens (tertiary/aromatic N) is 4. The van der Waals surface area contributed by atoms with Crippen LogP contribution in [0.5, 0.6) is 0 Å². The van der Waals surface area contributed by atoms with Crippen molar-refractivity contribution in [3.63, 3.8) is 0 Å². The van der Waals surface area contributed by atoms with E-state index in [0.717, 1.165) is 42.9 Å². The predicted molar refractivity (Wildman–Crippen MR) is 118 cm³/mol. The standard InChI is InChI=1S/C25H28N4O3/c1-17-2-3-19(7-6-18-4-5-18)12-22(17)29(20-8-9-20)24(30)21-13-28(27-26-21)14-23-31-15-25(10-11-25)16-32-23/h2-3,12-13,18,20,23H,4-5,8-11,14-16H2,1H3. The van der Waals surface area contributed by atoms with Crippen molar-refractivity contribution in [3.05, 3.63) is 41.2 Å². The fraction of sp³-hybridized carbons (Fsp3) is 0.560. The molecule has 1 aromatic carbocycles. The minimum absolute atomic E-state index is 0.114. The molecule has 1 aromatic heterocycles. The highest BCUT2D eigenvalue weighted by molar-refractivity contribution is 6.05. The molecule has 1 aliphatic heterocycles. The van der Waals surface area contributed by atoms with Gasteiger partial charge in [0.05, 0.1) is 26.0 Å². The van der Waals surface area contributed by atoms with E-state index in [2.05, 4.69) is 28.2 Å². The van der Waals surface area contributed by atoms with Gasteiger partial charge in [-0.2, -0.15) is 0 Å². The number of benzene rings is 1. The van der Waals surface area contributed by atoms with E-state index in [9.17, 15) is 4.79 Å². The first-order valence-corrected chi connectivity index (χ1v) is 11.7. The van der Waals surface area contributed by atoms with Crippen molar-refractivity contribution >= 4 is 11.6 Å². The van der Waals surface area contributed by atoms with Crippen LogP contribution in [0.2, 0.25) is 0 Å². The van der Waals surface area contributed by atoms with Gasteiger partial charge in [-0.3, -0.25) is 4.79 Å². The highest BCUT2D eigenvalue weighted by Crippen LogP contribution is 2.48. The molecule has 1 amide bonds. The fourth-order valence-electron chi connectivity index (χ4n) is 4.13. The summed E-state index contributed by atoms with van der Waals surface area (Å²) in [6.07, 6.45) is 8.15. The summed E-state index contributed by atoms with van der Waals surface area (Å²) in [6.45, 7) is 3.96. The summed E-state index contributed by atoms with van der Waals surface area (Å²) >= 11 is 0. The largest absolute Gasteiger partial charge is 0.350 e. The van der Waals surface area contributed by atoms with E-state index in [4.69, 9.17) is 9.47 Å². The first-order chi connectivity index (χ1) is 15.6. The summed E-state index contributed by atoms with van der Waals surface area (Å²) in [5.74, 6) is 7.02. The maximum absolute atomic E-state index is 13.5. The number of anilines is 1. The Labute approximate surface area is 188 Å². The number of aryl methyl sites for hydroxylation is 1. The Hall–Kier alpha value is -2.69. The molecular weight excluding hydrogens is 404 g/mol. The summed E-state index contributed by atoms with van der Waals surface area (Å²) in [7, 11) is 0. The Balaban J connectivity index is 1.19. The molecule has 0 atom stereocenters. The molecule has 1 spiro atoms. The van der Waals surface area contributed by atoms with E-state index in [0.29, 0.717) is 18.2 Å². The lowest BCUT2D eigenvalue weighted by atomic mass is 10.1. The number of aromatic nitrogens is 3. The average Bonchev–Trinajstić information content (AvgIpc) is 3.69. The fourth-order valence-corrected chi connectivity index (χ4v) is 4.13. The SMILES string of the molecule is Cc1ccc(C#CC2CC2)cc1N(C(=O)c1cn(CC2OCC3(CC3)CO2)nn1)C1CC1. The van der Waals surface area contributed by atoms with Crippen LogP contribution >= 0.6 is 0 Å². The van der Waals surface area contributed by atoms with Crippen molar-refractivity contribution in [2.24, 2.45) is 11.3 Å². The van der Waals surface area contributed by atoms with Gasteiger partial charge in [-0.25, -0.2) is 4.68 Å². The zero-order valence-electron chi connectivity index (χ0n) is 18.4. The molecule has 2 heterocycles. The molecule has 6 rings (SSSR count). The third-order valence-electron chi connectivity index (χ3n) is 6.80. The van der Waals surface area contributed by atoms with Gasteiger partial charge in [-0.05, 0) is 63.1 Å². The Kier molecular flexibility index (Phi) is 4.81. The van der Waals surface area contributed by atoms with Crippen molar-refractivity contribution < 1.29 is 14.3 Å². The first kappa shape index (κ1) is 20.0. The van der Waals surface area contributed by atoms with Gasteiger partial charge in [0, 0.05) is 28.6 Å². The molecule has 32 heavy (non-hydrogen) atoms. The van der Waals surface area contributed by atoms with Crippen LogP contribution in [-0.2, 0) is 16.0 Å². The van der Waals surface area contributed by atoms with Crippen molar-refractivity contribution in [2.45, 2.75) is 64.3 Å². The minimum atomic E-state index is -0.339. The lowest BCUT2D eigenvalue weighted by Crippen LogP contribution is -2.36. The topological polar surface area (TPSA) is 69.5 Å². The van der Waals surface area contributed by atoms with Crippen molar-refractivity contribution in [2.75, 3.05) is 18.1 Å². The molecule has 4 fully saturated rings. The summed E-state index contributed by atoms with van der Waals surface area (Å²) in [5.41, 5.74) is 3.55. The van der Waals surface area contributed by atoms with Gasteiger partial charge in [0.1, 0.15) is 0 Å². The van der Waals surface area contributed by atoms with E-state index in [-0.39, 0.29) is 23.7 Å². The molecule has 0 radical (unpaired) electrons. The first-order valence-electron chi connectivity index (χ1n) is 11.7. The smallest absolute Gasteiger partial charge is 0.280 e. The maximum Gasteiger partial charge on any atom is 0.280 e. The predicted octanol–water partition coefficient (Wildman–Crippen LogP) is 3.31. The third-order valence-corrected chi connectivity index (χ3v) is 6.80. The van der Waals surface area contributed by atoms with Crippen LogP contribution in [0.15, 0.2) is 24.4 Å². The molecule has 0 unspecified atom stereocenters. The zero-order chi connectivity index (χ0) is 21.7. The van der Waals surface area contributed by atoms with Crippen LogP contribution in [0.25, 0.3) is 0 Å². The van der Waals surface area contributed by atoms with Gasteiger partial charge in [0.2, 0.25) is 0 Å². The second-order valence-electron chi connectivity index (χ2n) is 9.83. The highest BCUT2D eigenvalue weighted by Gasteiger charge is 2.47. The second-order valence-corrected chi connectivity index (χ2v) is 9.83. The van der Waals surface area contributed by atoms with E-state index >= 15 is 0 Å². The van der Waals surface area contributed by atoms with Crippen molar-refractivity contribution in [1.29, 1.82) is 0 Å². The van der Waals surface area contributed by atoms with Crippen molar-refractivity contribution in [1.82, 2.24) is 15.0 Å². The van der Waals surface area contributed by atoms with Gasteiger partial charge in [-0.1, -0.05) is 23.1 Å². The van der Waals surface area contributed by atoms with E-state index < -0.39 is 0 Å². The zero-order valence-corrected chi connectivity index (χ0v) is 18.4. The lowest BCUT2D eigenvalue weighted by molar-refractivity contribution is -0.213. The number of carbonyl (C=O) groups is 1. The van der Waals surface area contributed by atoms with Crippen LogP contribution in [0.4, 0.5) is 5.69 Å².